The second kappa shape index (κ2) is 11.3. The molecular weight excluding hydrogens is 380 g/mol. The molecule has 7 unspecified atom stereocenters. The normalized spacial score (nSPS) is 36.2. The molecule has 7 atom stereocenters. The van der Waals surface area contributed by atoms with E-state index in [-0.39, 0.29) is 5.97 Å². The van der Waals surface area contributed by atoms with Crippen LogP contribution in [0.4, 0.5) is 0 Å². The van der Waals surface area contributed by atoms with Crippen LogP contribution in [-0.2, 0) is 23.7 Å². The summed E-state index contributed by atoms with van der Waals surface area (Å²) in [5.41, 5.74) is 0. The van der Waals surface area contributed by atoms with Crippen molar-refractivity contribution < 1.29 is 23.7 Å². The first kappa shape index (κ1) is 22.5. The lowest BCUT2D eigenvalue weighted by Gasteiger charge is -2.18. The zero-order valence-corrected chi connectivity index (χ0v) is 18.9. The van der Waals surface area contributed by atoms with Crippen molar-refractivity contribution in [3.63, 3.8) is 0 Å². The molecule has 5 nitrogen and oxygen atoms in total. The van der Waals surface area contributed by atoms with Gasteiger partial charge in [0.15, 0.2) is 0 Å². The third-order valence-electron chi connectivity index (χ3n) is 7.39. The van der Waals surface area contributed by atoms with Gasteiger partial charge in [-0.3, -0.25) is 4.79 Å². The third kappa shape index (κ3) is 7.49. The first-order chi connectivity index (χ1) is 14.7. The lowest BCUT2D eigenvalue weighted by Crippen LogP contribution is -2.20. The maximum Gasteiger partial charge on any atom is 0.305 e. The number of esters is 1. The summed E-state index contributed by atoms with van der Waals surface area (Å²) in [4.78, 5) is 11.9. The average molecular weight is 423 g/mol. The van der Waals surface area contributed by atoms with E-state index in [1.54, 1.807) is 0 Å². The van der Waals surface area contributed by atoms with Crippen LogP contribution in [0.1, 0.15) is 103 Å². The molecule has 1 aliphatic carbocycles. The van der Waals surface area contributed by atoms with Crippen LogP contribution >= 0.6 is 0 Å². The van der Waals surface area contributed by atoms with Crippen molar-refractivity contribution in [3.8, 4) is 0 Å². The predicted molar refractivity (Wildman–Crippen MR) is 115 cm³/mol. The Bertz CT molecular complexity index is 538. The van der Waals surface area contributed by atoms with E-state index < -0.39 is 0 Å². The monoisotopic (exact) mass is 422 g/mol. The van der Waals surface area contributed by atoms with Gasteiger partial charge in [0.2, 0.25) is 0 Å². The Hall–Kier alpha value is -0.650. The number of carbonyl (C=O) groups excluding carboxylic acids is 1. The lowest BCUT2D eigenvalue weighted by molar-refractivity contribution is -0.145. The first-order valence-corrected chi connectivity index (χ1v) is 12.8. The number of hydrogen-bond donors (Lipinski definition) is 0. The Morgan fingerprint density at radius 2 is 1.50 bits per heavy atom. The Morgan fingerprint density at radius 1 is 0.800 bits per heavy atom. The second-order valence-electron chi connectivity index (χ2n) is 10.0. The van der Waals surface area contributed by atoms with Crippen LogP contribution < -0.4 is 0 Å². The first-order valence-electron chi connectivity index (χ1n) is 12.8. The van der Waals surface area contributed by atoms with E-state index >= 15 is 0 Å². The van der Waals surface area contributed by atoms with Crippen LogP contribution in [-0.4, -0.2) is 49.2 Å². The molecule has 0 amide bonds. The second-order valence-corrected chi connectivity index (χ2v) is 10.0. The van der Waals surface area contributed by atoms with Crippen LogP contribution in [0, 0.1) is 5.92 Å². The number of carbonyl (C=O) groups is 1. The highest BCUT2D eigenvalue weighted by atomic mass is 16.6. The van der Waals surface area contributed by atoms with Gasteiger partial charge in [-0.25, -0.2) is 0 Å². The number of ether oxygens (including phenoxy) is 4. The lowest BCUT2D eigenvalue weighted by atomic mass is 9.90. The fourth-order valence-electron chi connectivity index (χ4n) is 5.17. The highest BCUT2D eigenvalue weighted by molar-refractivity contribution is 5.69. The van der Waals surface area contributed by atoms with Gasteiger partial charge >= 0.3 is 5.97 Å². The molecule has 5 heteroatoms. The summed E-state index contributed by atoms with van der Waals surface area (Å²) < 4.78 is 22.6. The minimum atomic E-state index is -0.0154. The quantitative estimate of drug-likeness (QED) is 0.191. The summed E-state index contributed by atoms with van der Waals surface area (Å²) in [7, 11) is 0. The van der Waals surface area contributed by atoms with Crippen molar-refractivity contribution >= 4 is 5.97 Å². The van der Waals surface area contributed by atoms with Gasteiger partial charge in [0.05, 0.1) is 43.2 Å². The Kier molecular flexibility index (Phi) is 8.48. The minimum Gasteiger partial charge on any atom is -0.465 e. The van der Waals surface area contributed by atoms with E-state index in [4.69, 9.17) is 18.9 Å². The zero-order valence-electron chi connectivity index (χ0n) is 18.9. The van der Waals surface area contributed by atoms with Crippen molar-refractivity contribution in [1.82, 2.24) is 0 Å². The number of unbranched alkanes of at least 4 members (excludes halogenated alkanes) is 6. The van der Waals surface area contributed by atoms with Crippen molar-refractivity contribution in [2.24, 2.45) is 5.92 Å². The molecule has 3 aliphatic heterocycles. The number of hydrogen-bond acceptors (Lipinski definition) is 5. The molecule has 0 N–H and O–H groups in total. The summed E-state index contributed by atoms with van der Waals surface area (Å²) >= 11 is 0. The Labute approximate surface area is 182 Å². The van der Waals surface area contributed by atoms with E-state index in [2.05, 4.69) is 6.92 Å². The molecule has 4 rings (SSSR count). The van der Waals surface area contributed by atoms with E-state index in [0.29, 0.717) is 55.6 Å². The molecule has 4 fully saturated rings. The third-order valence-corrected chi connectivity index (χ3v) is 7.39. The molecule has 0 radical (unpaired) electrons. The largest absolute Gasteiger partial charge is 0.465 e. The molecule has 1 saturated carbocycles. The zero-order chi connectivity index (χ0) is 20.8. The van der Waals surface area contributed by atoms with E-state index in [0.717, 1.165) is 38.5 Å². The van der Waals surface area contributed by atoms with Crippen LogP contribution in [0.15, 0.2) is 0 Å². The maximum absolute atomic E-state index is 11.9. The topological polar surface area (TPSA) is 63.9 Å². The van der Waals surface area contributed by atoms with Gasteiger partial charge in [0, 0.05) is 12.8 Å². The predicted octanol–water partition coefficient (Wildman–Crippen LogP) is 5.33. The molecule has 172 valence electrons. The van der Waals surface area contributed by atoms with E-state index in [1.807, 2.05) is 0 Å². The molecule has 0 aromatic rings. The van der Waals surface area contributed by atoms with Crippen LogP contribution in [0.2, 0.25) is 0 Å². The highest BCUT2D eigenvalue weighted by Gasteiger charge is 2.47. The minimum absolute atomic E-state index is 0.0154. The maximum atomic E-state index is 11.9. The van der Waals surface area contributed by atoms with Crippen LogP contribution in [0.3, 0.4) is 0 Å². The number of fused-ring (bicyclic) bond motifs is 1. The van der Waals surface area contributed by atoms with Crippen molar-refractivity contribution in [3.05, 3.63) is 0 Å². The van der Waals surface area contributed by atoms with E-state index in [9.17, 15) is 4.79 Å². The van der Waals surface area contributed by atoms with E-state index in [1.165, 1.54) is 51.4 Å². The summed E-state index contributed by atoms with van der Waals surface area (Å²) in [6.07, 6.45) is 20.1. The van der Waals surface area contributed by atoms with Crippen molar-refractivity contribution in [2.45, 2.75) is 140 Å². The molecule has 3 saturated heterocycles. The van der Waals surface area contributed by atoms with Gasteiger partial charge in [-0.15, -0.1) is 0 Å². The fourth-order valence-corrected chi connectivity index (χ4v) is 5.17. The van der Waals surface area contributed by atoms with Crippen LogP contribution in [0.25, 0.3) is 0 Å². The van der Waals surface area contributed by atoms with Gasteiger partial charge in [0.25, 0.3) is 0 Å². The number of epoxide rings is 3. The molecule has 30 heavy (non-hydrogen) atoms. The molecule has 3 heterocycles. The Balaban J connectivity index is 0.907. The van der Waals surface area contributed by atoms with Gasteiger partial charge in [-0.05, 0) is 44.4 Å². The Morgan fingerprint density at radius 3 is 2.23 bits per heavy atom. The molecule has 0 aromatic carbocycles. The summed E-state index contributed by atoms with van der Waals surface area (Å²) in [6.45, 7) is 2.85. The summed E-state index contributed by atoms with van der Waals surface area (Å²) in [6, 6.07) is 0. The fraction of sp³-hybridized carbons (Fsp3) is 0.960. The number of rotatable bonds is 16. The highest BCUT2D eigenvalue weighted by Crippen LogP contribution is 2.40. The van der Waals surface area contributed by atoms with Crippen molar-refractivity contribution in [2.75, 3.05) is 6.61 Å². The molecule has 0 spiro atoms. The van der Waals surface area contributed by atoms with Gasteiger partial charge in [-0.1, -0.05) is 51.9 Å². The summed E-state index contributed by atoms with van der Waals surface area (Å²) in [5.74, 6) is 0.503. The van der Waals surface area contributed by atoms with Gasteiger partial charge in [0.1, 0.15) is 0 Å². The smallest absolute Gasteiger partial charge is 0.305 e. The van der Waals surface area contributed by atoms with Crippen molar-refractivity contribution in [1.29, 1.82) is 0 Å². The van der Waals surface area contributed by atoms with Gasteiger partial charge in [-0.2, -0.15) is 0 Å². The molecule has 0 aromatic heterocycles. The van der Waals surface area contributed by atoms with Crippen LogP contribution in [0.5, 0.6) is 0 Å². The van der Waals surface area contributed by atoms with Gasteiger partial charge < -0.3 is 18.9 Å². The standard InChI is InChI=1S/C25H42O5/c1-2-3-7-10-19-23(28-19)16-24-20(29-24)11-8-5-4-6-9-12-25(26)27-17-18-13-14-21-22(15-18)30-21/h18-24H,2-17H2,1H3. The molecule has 4 aliphatic rings. The average Bonchev–Trinajstić information content (AvgIpc) is 3.63. The molecular formula is C25H42O5. The summed E-state index contributed by atoms with van der Waals surface area (Å²) in [5, 5.41) is 0. The molecule has 0 bridgehead atoms. The SMILES string of the molecule is CCCCCC1OC1CC1OC1CCCCCCCC(=O)OCC1CCC2OC2C1.